The molecule has 7 heteroatoms. The number of hydrogen-bond acceptors (Lipinski definition) is 6. The fraction of sp³-hybridized carbons (Fsp3) is 0.500. The predicted octanol–water partition coefficient (Wildman–Crippen LogP) is -1.62. The molecule has 0 bridgehead atoms. The third kappa shape index (κ3) is 4.75. The number of nitrogens with zero attached hydrogens (tertiary/aromatic N) is 3. The highest BCUT2D eigenvalue weighted by Gasteiger charge is 2.10. The van der Waals surface area contributed by atoms with Gasteiger partial charge in [-0.3, -0.25) is 4.79 Å². The van der Waals surface area contributed by atoms with Crippen LogP contribution in [-0.2, 0) is 4.79 Å². The molecule has 0 aliphatic rings. The lowest BCUT2D eigenvalue weighted by atomic mass is 10.3. The summed E-state index contributed by atoms with van der Waals surface area (Å²) in [7, 11) is 1.69. The molecule has 0 aliphatic carbocycles. The zero-order valence-corrected chi connectivity index (χ0v) is 9.58. The summed E-state index contributed by atoms with van der Waals surface area (Å²) in [6, 6.07) is 1.69. The third-order valence-electron chi connectivity index (χ3n) is 2.02. The van der Waals surface area contributed by atoms with Crippen LogP contribution in [0.3, 0.4) is 0 Å². The summed E-state index contributed by atoms with van der Waals surface area (Å²) in [6.45, 7) is -0.265. The standard InChI is InChI=1S/C10H16N4O3/c1-14(10-11-3-2-4-12-10)6-9(17)13-5-8(16)7-15/h2-4,8,15-16H,5-7H2,1H3,(H,13,17). The highest BCUT2D eigenvalue weighted by molar-refractivity contribution is 5.80. The van der Waals surface area contributed by atoms with E-state index in [4.69, 9.17) is 10.2 Å². The second kappa shape index (κ2) is 6.77. The van der Waals surface area contributed by atoms with Crippen LogP contribution in [0.1, 0.15) is 0 Å². The van der Waals surface area contributed by atoms with E-state index < -0.39 is 6.10 Å². The van der Waals surface area contributed by atoms with E-state index >= 15 is 0 Å². The molecule has 1 aromatic heterocycles. The first-order valence-electron chi connectivity index (χ1n) is 5.17. The largest absolute Gasteiger partial charge is 0.394 e. The smallest absolute Gasteiger partial charge is 0.239 e. The molecule has 0 saturated heterocycles. The highest BCUT2D eigenvalue weighted by Crippen LogP contribution is 2.00. The van der Waals surface area contributed by atoms with E-state index in [1.807, 2.05) is 0 Å². The van der Waals surface area contributed by atoms with Gasteiger partial charge in [0.1, 0.15) is 0 Å². The third-order valence-corrected chi connectivity index (χ3v) is 2.02. The zero-order chi connectivity index (χ0) is 12.7. The highest BCUT2D eigenvalue weighted by atomic mass is 16.3. The van der Waals surface area contributed by atoms with E-state index in [9.17, 15) is 4.79 Å². The Morgan fingerprint density at radius 2 is 2.18 bits per heavy atom. The number of likely N-dealkylation sites (N-methyl/N-ethyl adjacent to an activating group) is 1. The number of aromatic nitrogens is 2. The van der Waals surface area contributed by atoms with Crippen LogP contribution in [0.25, 0.3) is 0 Å². The van der Waals surface area contributed by atoms with Crippen LogP contribution in [0.15, 0.2) is 18.5 Å². The second-order valence-electron chi connectivity index (χ2n) is 3.55. The summed E-state index contributed by atoms with van der Waals surface area (Å²) >= 11 is 0. The van der Waals surface area contributed by atoms with E-state index in [0.717, 1.165) is 0 Å². The normalized spacial score (nSPS) is 11.9. The number of aliphatic hydroxyl groups excluding tert-OH is 2. The van der Waals surface area contributed by atoms with Crippen molar-refractivity contribution in [3.05, 3.63) is 18.5 Å². The predicted molar refractivity (Wildman–Crippen MR) is 61.4 cm³/mol. The summed E-state index contributed by atoms with van der Waals surface area (Å²) in [4.78, 5) is 21.0. The lowest BCUT2D eigenvalue weighted by molar-refractivity contribution is -0.120. The van der Waals surface area contributed by atoms with Crippen LogP contribution in [-0.4, -0.2) is 58.9 Å². The Morgan fingerprint density at radius 1 is 1.53 bits per heavy atom. The van der Waals surface area contributed by atoms with Crippen LogP contribution >= 0.6 is 0 Å². The Labute approximate surface area is 99.1 Å². The first-order chi connectivity index (χ1) is 8.13. The average molecular weight is 240 g/mol. The molecule has 17 heavy (non-hydrogen) atoms. The van der Waals surface area contributed by atoms with Gasteiger partial charge in [0.05, 0.1) is 19.3 Å². The molecule has 1 atom stereocenters. The molecule has 0 spiro atoms. The molecular formula is C10H16N4O3. The number of carbonyl (C=O) groups excluding carboxylic acids is 1. The summed E-state index contributed by atoms with van der Waals surface area (Å²) in [5, 5.41) is 20.1. The molecule has 0 fully saturated rings. The van der Waals surface area contributed by atoms with Gasteiger partial charge >= 0.3 is 0 Å². The molecule has 0 aromatic carbocycles. The molecule has 1 amide bonds. The van der Waals surface area contributed by atoms with Crippen LogP contribution in [0.2, 0.25) is 0 Å². The van der Waals surface area contributed by atoms with Gasteiger partial charge in [0.2, 0.25) is 11.9 Å². The number of nitrogens with one attached hydrogen (secondary N) is 1. The van der Waals surface area contributed by atoms with Crippen LogP contribution < -0.4 is 10.2 Å². The maximum Gasteiger partial charge on any atom is 0.239 e. The summed E-state index contributed by atoms with van der Waals surface area (Å²) in [5.41, 5.74) is 0. The molecule has 1 unspecified atom stereocenters. The first-order valence-corrected chi connectivity index (χ1v) is 5.17. The molecular weight excluding hydrogens is 224 g/mol. The number of anilines is 1. The molecule has 1 rings (SSSR count). The molecule has 3 N–H and O–H groups in total. The maximum atomic E-state index is 11.4. The molecule has 1 heterocycles. The first kappa shape index (κ1) is 13.3. The van der Waals surface area contributed by atoms with Crippen molar-refractivity contribution in [2.24, 2.45) is 0 Å². The Balaban J connectivity index is 2.36. The van der Waals surface area contributed by atoms with Crippen molar-refractivity contribution in [1.82, 2.24) is 15.3 Å². The quantitative estimate of drug-likeness (QED) is 0.553. The monoisotopic (exact) mass is 240 g/mol. The van der Waals surface area contributed by atoms with Gasteiger partial charge in [0, 0.05) is 26.0 Å². The molecule has 7 nitrogen and oxygen atoms in total. The fourth-order valence-electron chi connectivity index (χ4n) is 1.13. The Bertz CT molecular complexity index is 347. The van der Waals surface area contributed by atoms with Crippen molar-refractivity contribution in [3.63, 3.8) is 0 Å². The van der Waals surface area contributed by atoms with Crippen molar-refractivity contribution in [3.8, 4) is 0 Å². The number of aliphatic hydroxyl groups is 2. The summed E-state index contributed by atoms with van der Waals surface area (Å²) in [5.74, 6) is 0.179. The van der Waals surface area contributed by atoms with Crippen LogP contribution in [0, 0.1) is 0 Å². The second-order valence-corrected chi connectivity index (χ2v) is 3.55. The van der Waals surface area contributed by atoms with E-state index in [1.165, 1.54) is 0 Å². The summed E-state index contributed by atoms with van der Waals surface area (Å²) in [6.07, 6.45) is 2.25. The number of amides is 1. The Kier molecular flexibility index (Phi) is 5.31. The van der Waals surface area contributed by atoms with Gasteiger partial charge < -0.3 is 20.4 Å². The minimum Gasteiger partial charge on any atom is -0.394 e. The van der Waals surface area contributed by atoms with E-state index in [2.05, 4.69) is 15.3 Å². The molecule has 0 aliphatic heterocycles. The van der Waals surface area contributed by atoms with Gasteiger partial charge in [0.25, 0.3) is 0 Å². The minimum absolute atomic E-state index is 0.0266. The zero-order valence-electron chi connectivity index (χ0n) is 9.58. The Morgan fingerprint density at radius 3 is 2.76 bits per heavy atom. The molecule has 94 valence electrons. The van der Waals surface area contributed by atoms with Crippen molar-refractivity contribution in [2.45, 2.75) is 6.10 Å². The molecule has 0 saturated carbocycles. The number of hydrogen-bond donors (Lipinski definition) is 3. The average Bonchev–Trinajstić information content (AvgIpc) is 2.36. The summed E-state index contributed by atoms with van der Waals surface area (Å²) < 4.78 is 0. The van der Waals surface area contributed by atoms with E-state index in [-0.39, 0.29) is 25.6 Å². The van der Waals surface area contributed by atoms with Gasteiger partial charge in [-0.1, -0.05) is 0 Å². The van der Waals surface area contributed by atoms with Crippen molar-refractivity contribution in [1.29, 1.82) is 0 Å². The van der Waals surface area contributed by atoms with Crippen molar-refractivity contribution >= 4 is 11.9 Å². The van der Waals surface area contributed by atoms with Crippen LogP contribution in [0.4, 0.5) is 5.95 Å². The van der Waals surface area contributed by atoms with E-state index in [1.54, 1.807) is 30.4 Å². The van der Waals surface area contributed by atoms with E-state index in [0.29, 0.717) is 5.95 Å². The fourth-order valence-corrected chi connectivity index (χ4v) is 1.13. The molecule has 0 radical (unpaired) electrons. The van der Waals surface area contributed by atoms with Gasteiger partial charge in [-0.15, -0.1) is 0 Å². The maximum absolute atomic E-state index is 11.4. The minimum atomic E-state index is -0.933. The Hall–Kier alpha value is -1.73. The van der Waals surface area contributed by atoms with Crippen molar-refractivity contribution in [2.75, 3.05) is 31.6 Å². The van der Waals surface area contributed by atoms with Crippen molar-refractivity contribution < 1.29 is 15.0 Å². The van der Waals surface area contributed by atoms with Gasteiger partial charge in [0.15, 0.2) is 0 Å². The SMILES string of the molecule is CN(CC(=O)NCC(O)CO)c1ncccn1. The van der Waals surface area contributed by atoms with Gasteiger partial charge in [-0.25, -0.2) is 9.97 Å². The number of rotatable bonds is 6. The number of carbonyl (C=O) groups is 1. The van der Waals surface area contributed by atoms with Crippen LogP contribution in [0.5, 0.6) is 0 Å². The topological polar surface area (TPSA) is 98.6 Å². The lowest BCUT2D eigenvalue weighted by Gasteiger charge is -2.16. The lowest BCUT2D eigenvalue weighted by Crippen LogP contribution is -2.40. The van der Waals surface area contributed by atoms with Gasteiger partial charge in [-0.05, 0) is 6.07 Å². The van der Waals surface area contributed by atoms with Gasteiger partial charge in [-0.2, -0.15) is 0 Å². The molecule has 1 aromatic rings.